The standard InChI is InChI=1S/C16H16IN/c17-14-7-4-8-15(11-14)18-16-9-13(10-16)12-5-2-1-3-6-12/h1-8,11,13,16,18H,9-10H2. The summed E-state index contributed by atoms with van der Waals surface area (Å²) in [5.74, 6) is 0.742. The number of anilines is 1. The maximum atomic E-state index is 3.61. The average Bonchev–Trinajstić information content (AvgIpc) is 2.34. The van der Waals surface area contributed by atoms with Gasteiger partial charge in [0.25, 0.3) is 0 Å². The van der Waals surface area contributed by atoms with Crippen molar-refractivity contribution in [3.8, 4) is 0 Å². The van der Waals surface area contributed by atoms with Crippen LogP contribution in [0.15, 0.2) is 54.6 Å². The van der Waals surface area contributed by atoms with Crippen molar-refractivity contribution in [1.29, 1.82) is 0 Å². The summed E-state index contributed by atoms with van der Waals surface area (Å²) in [6.45, 7) is 0. The maximum absolute atomic E-state index is 3.61. The van der Waals surface area contributed by atoms with Crippen LogP contribution in [0.1, 0.15) is 24.3 Å². The number of hydrogen-bond acceptors (Lipinski definition) is 1. The van der Waals surface area contributed by atoms with Crippen molar-refractivity contribution < 1.29 is 0 Å². The van der Waals surface area contributed by atoms with Crippen LogP contribution in [-0.4, -0.2) is 6.04 Å². The Kier molecular flexibility index (Phi) is 3.55. The highest BCUT2D eigenvalue weighted by atomic mass is 127. The molecule has 1 N–H and O–H groups in total. The molecule has 2 aromatic rings. The molecule has 1 aliphatic rings. The lowest BCUT2D eigenvalue weighted by atomic mass is 9.76. The number of halogens is 1. The van der Waals surface area contributed by atoms with Crippen molar-refractivity contribution in [2.75, 3.05) is 5.32 Å². The second kappa shape index (κ2) is 5.31. The number of hydrogen-bond donors (Lipinski definition) is 1. The fourth-order valence-corrected chi connectivity index (χ4v) is 3.09. The molecule has 0 aromatic heterocycles. The Morgan fingerprint density at radius 2 is 1.72 bits per heavy atom. The van der Waals surface area contributed by atoms with E-state index in [1.807, 2.05) is 0 Å². The highest BCUT2D eigenvalue weighted by molar-refractivity contribution is 14.1. The first-order valence-electron chi connectivity index (χ1n) is 6.38. The van der Waals surface area contributed by atoms with E-state index in [0.717, 1.165) is 5.92 Å². The third kappa shape index (κ3) is 2.69. The zero-order valence-corrected chi connectivity index (χ0v) is 12.3. The largest absolute Gasteiger partial charge is 0.382 e. The molecule has 1 fully saturated rings. The van der Waals surface area contributed by atoms with Crippen molar-refractivity contribution in [2.45, 2.75) is 24.8 Å². The molecular formula is C16H16IN. The Morgan fingerprint density at radius 3 is 2.44 bits per heavy atom. The second-order valence-electron chi connectivity index (χ2n) is 4.93. The van der Waals surface area contributed by atoms with Crippen LogP contribution >= 0.6 is 22.6 Å². The second-order valence-corrected chi connectivity index (χ2v) is 6.18. The van der Waals surface area contributed by atoms with Gasteiger partial charge in [0.05, 0.1) is 0 Å². The molecule has 18 heavy (non-hydrogen) atoms. The van der Waals surface area contributed by atoms with Gasteiger partial charge in [-0.15, -0.1) is 0 Å². The summed E-state index contributed by atoms with van der Waals surface area (Å²) < 4.78 is 1.29. The molecule has 0 saturated heterocycles. The highest BCUT2D eigenvalue weighted by Gasteiger charge is 2.29. The quantitative estimate of drug-likeness (QED) is 0.796. The molecule has 0 atom stereocenters. The lowest BCUT2D eigenvalue weighted by Gasteiger charge is -2.37. The molecule has 0 spiro atoms. The van der Waals surface area contributed by atoms with E-state index >= 15 is 0 Å². The van der Waals surface area contributed by atoms with Gasteiger partial charge in [-0.3, -0.25) is 0 Å². The third-order valence-corrected chi connectivity index (χ3v) is 4.28. The van der Waals surface area contributed by atoms with Gasteiger partial charge < -0.3 is 5.32 Å². The molecule has 0 radical (unpaired) electrons. The van der Waals surface area contributed by atoms with Crippen LogP contribution in [0.25, 0.3) is 0 Å². The van der Waals surface area contributed by atoms with Crippen LogP contribution in [0, 0.1) is 3.57 Å². The van der Waals surface area contributed by atoms with E-state index in [1.54, 1.807) is 0 Å². The minimum Gasteiger partial charge on any atom is -0.382 e. The molecule has 1 nitrogen and oxygen atoms in total. The molecule has 92 valence electrons. The average molecular weight is 349 g/mol. The molecule has 1 aliphatic carbocycles. The van der Waals surface area contributed by atoms with Crippen molar-refractivity contribution in [3.63, 3.8) is 0 Å². The molecule has 0 bridgehead atoms. The van der Waals surface area contributed by atoms with E-state index < -0.39 is 0 Å². The lowest BCUT2D eigenvalue weighted by molar-refractivity contribution is 0.374. The molecule has 0 heterocycles. The van der Waals surface area contributed by atoms with E-state index in [2.05, 4.69) is 82.5 Å². The first kappa shape index (κ1) is 12.0. The molecule has 0 amide bonds. The van der Waals surface area contributed by atoms with Gasteiger partial charge in [0.15, 0.2) is 0 Å². The summed E-state index contributed by atoms with van der Waals surface area (Å²) in [5, 5.41) is 3.61. The molecule has 0 aliphatic heterocycles. The van der Waals surface area contributed by atoms with Crippen LogP contribution in [0.2, 0.25) is 0 Å². The van der Waals surface area contributed by atoms with Gasteiger partial charge >= 0.3 is 0 Å². The Labute approximate surface area is 122 Å². The van der Waals surface area contributed by atoms with E-state index in [1.165, 1.54) is 27.7 Å². The highest BCUT2D eigenvalue weighted by Crippen LogP contribution is 2.38. The molecule has 2 heteroatoms. The van der Waals surface area contributed by atoms with Gasteiger partial charge in [-0.1, -0.05) is 36.4 Å². The van der Waals surface area contributed by atoms with E-state index in [0.29, 0.717) is 6.04 Å². The molecule has 0 unspecified atom stereocenters. The maximum Gasteiger partial charge on any atom is 0.0352 e. The van der Waals surface area contributed by atoms with Crippen molar-refractivity contribution >= 4 is 28.3 Å². The summed E-state index contributed by atoms with van der Waals surface area (Å²) >= 11 is 2.36. The fraction of sp³-hybridized carbons (Fsp3) is 0.250. The normalized spacial score (nSPS) is 22.3. The minimum atomic E-state index is 0.633. The lowest BCUT2D eigenvalue weighted by Crippen LogP contribution is -2.33. The van der Waals surface area contributed by atoms with E-state index in [4.69, 9.17) is 0 Å². The fourth-order valence-electron chi connectivity index (χ4n) is 2.55. The first-order valence-corrected chi connectivity index (χ1v) is 7.46. The van der Waals surface area contributed by atoms with E-state index in [9.17, 15) is 0 Å². The Balaban J connectivity index is 1.57. The summed E-state index contributed by atoms with van der Waals surface area (Å²) in [5.41, 5.74) is 2.73. The van der Waals surface area contributed by atoms with Gasteiger partial charge in [0.1, 0.15) is 0 Å². The van der Waals surface area contributed by atoms with Gasteiger partial charge in [0.2, 0.25) is 0 Å². The van der Waals surface area contributed by atoms with Crippen LogP contribution in [-0.2, 0) is 0 Å². The number of rotatable bonds is 3. The topological polar surface area (TPSA) is 12.0 Å². The summed E-state index contributed by atoms with van der Waals surface area (Å²) in [6.07, 6.45) is 2.49. The summed E-state index contributed by atoms with van der Waals surface area (Å²) in [7, 11) is 0. The zero-order valence-electron chi connectivity index (χ0n) is 10.1. The third-order valence-electron chi connectivity index (χ3n) is 3.60. The molecule has 1 saturated carbocycles. The Morgan fingerprint density at radius 1 is 0.944 bits per heavy atom. The SMILES string of the molecule is Ic1cccc(NC2CC(c3ccccc3)C2)c1. The van der Waals surface area contributed by atoms with Crippen molar-refractivity contribution in [2.24, 2.45) is 0 Å². The van der Waals surface area contributed by atoms with E-state index in [-0.39, 0.29) is 0 Å². The van der Waals surface area contributed by atoms with Crippen LogP contribution < -0.4 is 5.32 Å². The van der Waals surface area contributed by atoms with Gasteiger partial charge in [-0.2, -0.15) is 0 Å². The van der Waals surface area contributed by atoms with Crippen molar-refractivity contribution in [3.05, 3.63) is 63.7 Å². The summed E-state index contributed by atoms with van der Waals surface area (Å²) in [6, 6.07) is 20.1. The van der Waals surface area contributed by atoms with Gasteiger partial charge in [0, 0.05) is 15.3 Å². The molecule has 3 rings (SSSR count). The van der Waals surface area contributed by atoms with Crippen LogP contribution in [0.3, 0.4) is 0 Å². The van der Waals surface area contributed by atoms with Gasteiger partial charge in [-0.25, -0.2) is 0 Å². The summed E-state index contributed by atoms with van der Waals surface area (Å²) in [4.78, 5) is 0. The van der Waals surface area contributed by atoms with Crippen molar-refractivity contribution in [1.82, 2.24) is 0 Å². The van der Waals surface area contributed by atoms with Gasteiger partial charge in [-0.05, 0) is 65.1 Å². The zero-order chi connectivity index (χ0) is 12.4. The Hall–Kier alpha value is -1.03. The smallest absolute Gasteiger partial charge is 0.0352 e. The van der Waals surface area contributed by atoms with Crippen LogP contribution in [0.5, 0.6) is 0 Å². The molecular weight excluding hydrogens is 333 g/mol. The first-order chi connectivity index (χ1) is 8.81. The minimum absolute atomic E-state index is 0.633. The Bertz CT molecular complexity index is 518. The predicted octanol–water partition coefficient (Wildman–Crippen LogP) is 4.65. The predicted molar refractivity (Wildman–Crippen MR) is 85.0 cm³/mol. The molecule has 2 aromatic carbocycles. The number of nitrogens with one attached hydrogen (secondary N) is 1. The van der Waals surface area contributed by atoms with Crippen LogP contribution in [0.4, 0.5) is 5.69 Å². The monoisotopic (exact) mass is 349 g/mol. The number of benzene rings is 2.